The minimum Gasteiger partial charge on any atom is -0.303 e. The Balaban J connectivity index is 2.42. The zero-order chi connectivity index (χ0) is 17.7. The summed E-state index contributed by atoms with van der Waals surface area (Å²) in [5, 5.41) is 7.92. The molecule has 0 spiro atoms. The number of hydrogen-bond donors (Lipinski definition) is 1. The average Bonchev–Trinajstić information content (AvgIpc) is 2.99. The summed E-state index contributed by atoms with van der Waals surface area (Å²) in [4.78, 5) is 23.4. The first-order valence-electron chi connectivity index (χ1n) is 7.45. The number of benzene rings is 1. The molecule has 0 unspecified atom stereocenters. The molecule has 5 nitrogen and oxygen atoms in total. The monoisotopic (exact) mass is 357 g/mol. The lowest BCUT2D eigenvalue weighted by Gasteiger charge is -2.20. The minimum absolute atomic E-state index is 0.108. The maximum Gasteiger partial charge on any atom is 0.251 e. The van der Waals surface area contributed by atoms with E-state index >= 15 is 0 Å². The maximum atomic E-state index is 12.6. The van der Waals surface area contributed by atoms with E-state index in [0.29, 0.717) is 23.2 Å². The molecule has 1 aromatic heterocycles. The van der Waals surface area contributed by atoms with E-state index in [2.05, 4.69) is 10.2 Å². The topological polar surface area (TPSA) is 66.1 Å². The summed E-state index contributed by atoms with van der Waals surface area (Å²) in [6, 6.07) is 1.70. The van der Waals surface area contributed by atoms with Gasteiger partial charge in [-0.15, -0.1) is 0 Å². The third-order valence-electron chi connectivity index (χ3n) is 3.84. The Morgan fingerprint density at radius 1 is 1.42 bits per heavy atom. The first-order valence-corrected chi connectivity index (χ1v) is 7.83. The zero-order valence-corrected chi connectivity index (χ0v) is 13.9. The van der Waals surface area contributed by atoms with Crippen LogP contribution in [-0.4, -0.2) is 47.7 Å². The molecule has 130 valence electrons. The Kier molecular flexibility index (Phi) is 6.39. The quantitative estimate of drug-likeness (QED) is 0.701. The van der Waals surface area contributed by atoms with Crippen molar-refractivity contribution in [2.24, 2.45) is 5.92 Å². The van der Waals surface area contributed by atoms with Crippen LogP contribution in [0.3, 0.4) is 0 Å². The number of aromatic nitrogens is 2. The highest BCUT2D eigenvalue weighted by atomic mass is 35.5. The number of carbonyl (C=O) groups is 2. The lowest BCUT2D eigenvalue weighted by Crippen LogP contribution is -2.25. The van der Waals surface area contributed by atoms with Crippen LogP contribution in [0.1, 0.15) is 17.5 Å². The number of halogens is 3. The highest BCUT2D eigenvalue weighted by Gasteiger charge is 2.19. The van der Waals surface area contributed by atoms with Crippen molar-refractivity contribution in [3.8, 4) is 0 Å². The fourth-order valence-electron chi connectivity index (χ4n) is 2.71. The normalized spacial score (nSPS) is 12.9. The van der Waals surface area contributed by atoms with E-state index < -0.39 is 12.3 Å². The molecule has 0 fully saturated rings. The number of alkyl halides is 2. The molecular weight excluding hydrogens is 340 g/mol. The summed E-state index contributed by atoms with van der Waals surface area (Å²) in [5.41, 5.74) is 2.16. The van der Waals surface area contributed by atoms with Gasteiger partial charge in [-0.1, -0.05) is 11.6 Å². The molecular formula is C16H18ClF2N3O2. The third kappa shape index (κ3) is 4.36. The number of fused-ring (bicyclic) bond motifs is 1. The van der Waals surface area contributed by atoms with Gasteiger partial charge in [-0.2, -0.15) is 5.10 Å². The fourth-order valence-corrected chi connectivity index (χ4v) is 2.99. The van der Waals surface area contributed by atoms with E-state index in [4.69, 9.17) is 11.6 Å². The van der Waals surface area contributed by atoms with Gasteiger partial charge >= 0.3 is 0 Å². The lowest BCUT2D eigenvalue weighted by molar-refractivity contribution is -0.115. The van der Waals surface area contributed by atoms with Crippen molar-refractivity contribution in [1.29, 1.82) is 0 Å². The predicted molar refractivity (Wildman–Crippen MR) is 87.4 cm³/mol. The Labute approximate surface area is 143 Å². The highest BCUT2D eigenvalue weighted by Crippen LogP contribution is 2.30. The summed E-state index contributed by atoms with van der Waals surface area (Å²) >= 11 is 6.24. The zero-order valence-electron chi connectivity index (χ0n) is 13.1. The van der Waals surface area contributed by atoms with Gasteiger partial charge in [0.05, 0.1) is 23.3 Å². The molecule has 1 aromatic carbocycles. The van der Waals surface area contributed by atoms with Crippen molar-refractivity contribution in [1.82, 2.24) is 15.1 Å². The van der Waals surface area contributed by atoms with Gasteiger partial charge in [0.2, 0.25) is 0 Å². The molecule has 1 heterocycles. The molecule has 0 bridgehead atoms. The van der Waals surface area contributed by atoms with Gasteiger partial charge in [0.15, 0.2) is 0 Å². The molecule has 0 aliphatic rings. The number of rotatable bonds is 9. The number of H-pyrrole nitrogens is 1. The Morgan fingerprint density at radius 3 is 2.79 bits per heavy atom. The predicted octanol–water partition coefficient (Wildman–Crippen LogP) is 2.86. The number of nitrogens with zero attached hydrogens (tertiary/aromatic N) is 2. The van der Waals surface area contributed by atoms with E-state index in [9.17, 15) is 18.4 Å². The SMILES string of the molecule is CN(Cc1c(C[C@H](C=O)CC=O)cc(Cl)c2[nH]ncc12)CC(F)F. The average molecular weight is 358 g/mol. The molecule has 1 N–H and O–H groups in total. The van der Waals surface area contributed by atoms with Gasteiger partial charge in [0, 0.05) is 24.3 Å². The second-order valence-electron chi connectivity index (χ2n) is 5.75. The molecule has 0 saturated heterocycles. The molecule has 0 radical (unpaired) electrons. The summed E-state index contributed by atoms with van der Waals surface area (Å²) in [7, 11) is 1.60. The smallest absolute Gasteiger partial charge is 0.251 e. The molecule has 0 saturated carbocycles. The van der Waals surface area contributed by atoms with E-state index in [1.54, 1.807) is 19.3 Å². The van der Waals surface area contributed by atoms with Crippen LogP contribution in [0.2, 0.25) is 5.02 Å². The van der Waals surface area contributed by atoms with Crippen LogP contribution in [0.15, 0.2) is 12.3 Å². The van der Waals surface area contributed by atoms with Crippen molar-refractivity contribution in [3.05, 3.63) is 28.4 Å². The first kappa shape index (κ1) is 18.5. The number of hydrogen-bond acceptors (Lipinski definition) is 4. The summed E-state index contributed by atoms with van der Waals surface area (Å²) in [6.45, 7) is -0.105. The molecule has 0 amide bonds. The van der Waals surface area contributed by atoms with E-state index in [0.717, 1.165) is 22.8 Å². The molecule has 24 heavy (non-hydrogen) atoms. The number of nitrogens with one attached hydrogen (secondary N) is 1. The lowest BCUT2D eigenvalue weighted by atomic mass is 9.92. The Bertz CT molecular complexity index is 721. The fraction of sp³-hybridized carbons (Fsp3) is 0.438. The van der Waals surface area contributed by atoms with Gasteiger partial charge in [0.25, 0.3) is 6.43 Å². The van der Waals surface area contributed by atoms with Gasteiger partial charge < -0.3 is 9.59 Å². The molecule has 2 aromatic rings. The standard InChI is InChI=1S/C16H18ClF2N3O2/c1-22(8-15(18)19)7-13-11(4-10(9-24)2-3-23)5-14(17)16-12(13)6-20-21-16/h3,5-6,9-10,15H,2,4,7-8H2,1H3,(H,20,21)/t10-/m1/s1. The van der Waals surface area contributed by atoms with Gasteiger partial charge in [-0.3, -0.25) is 10.00 Å². The van der Waals surface area contributed by atoms with Crippen LogP contribution in [0, 0.1) is 5.92 Å². The van der Waals surface area contributed by atoms with Crippen LogP contribution >= 0.6 is 11.6 Å². The minimum atomic E-state index is -2.44. The molecule has 1 atom stereocenters. The third-order valence-corrected chi connectivity index (χ3v) is 4.14. The van der Waals surface area contributed by atoms with Crippen LogP contribution < -0.4 is 0 Å². The van der Waals surface area contributed by atoms with E-state index in [1.165, 1.54) is 4.90 Å². The molecule has 0 aliphatic heterocycles. The second-order valence-corrected chi connectivity index (χ2v) is 6.15. The van der Waals surface area contributed by atoms with Crippen molar-refractivity contribution < 1.29 is 18.4 Å². The molecule has 2 rings (SSSR count). The van der Waals surface area contributed by atoms with E-state index in [1.807, 2.05) is 0 Å². The van der Waals surface area contributed by atoms with Crippen molar-refractivity contribution >= 4 is 35.1 Å². The van der Waals surface area contributed by atoms with E-state index in [-0.39, 0.29) is 19.5 Å². The maximum absolute atomic E-state index is 12.6. The van der Waals surface area contributed by atoms with Gasteiger partial charge in [-0.05, 0) is 30.7 Å². The Hall–Kier alpha value is -1.86. The van der Waals surface area contributed by atoms with Crippen molar-refractivity contribution in [2.75, 3.05) is 13.6 Å². The molecule has 8 heteroatoms. The Morgan fingerprint density at radius 2 is 2.17 bits per heavy atom. The highest BCUT2D eigenvalue weighted by molar-refractivity contribution is 6.35. The largest absolute Gasteiger partial charge is 0.303 e. The summed E-state index contributed by atoms with van der Waals surface area (Å²) in [5.74, 6) is -0.470. The number of carbonyl (C=O) groups excluding carboxylic acids is 2. The second kappa shape index (κ2) is 8.30. The van der Waals surface area contributed by atoms with Crippen molar-refractivity contribution in [2.45, 2.75) is 25.8 Å². The van der Waals surface area contributed by atoms with Crippen LogP contribution in [0.5, 0.6) is 0 Å². The number of aromatic amines is 1. The van der Waals surface area contributed by atoms with Gasteiger partial charge in [0.1, 0.15) is 12.6 Å². The summed E-state index contributed by atoms with van der Waals surface area (Å²) < 4.78 is 25.2. The van der Waals surface area contributed by atoms with Gasteiger partial charge in [-0.25, -0.2) is 8.78 Å². The summed E-state index contributed by atoms with van der Waals surface area (Å²) in [6.07, 6.45) is 1.00. The number of aldehydes is 2. The first-order chi connectivity index (χ1) is 11.5. The van der Waals surface area contributed by atoms with Crippen molar-refractivity contribution in [3.63, 3.8) is 0 Å². The van der Waals surface area contributed by atoms with Crippen LogP contribution in [0.4, 0.5) is 8.78 Å². The molecule has 0 aliphatic carbocycles. The van der Waals surface area contributed by atoms with Crippen LogP contribution in [-0.2, 0) is 22.6 Å². The van der Waals surface area contributed by atoms with Crippen LogP contribution in [0.25, 0.3) is 10.9 Å².